The molecule has 0 fully saturated rings. The Hall–Kier alpha value is -11.7. The molecule has 5 heteroatoms. The van der Waals surface area contributed by atoms with Gasteiger partial charge in [0.1, 0.15) is 0 Å². The molecule has 14 aromatic carbocycles. The molecule has 2 aliphatic carbocycles. The fourth-order valence-electron chi connectivity index (χ4n) is 21.1. The maximum Gasteiger partial charge on any atom is 0.252 e. The molecule has 0 saturated heterocycles. The highest BCUT2D eigenvalue weighted by Crippen LogP contribution is 2.64. The van der Waals surface area contributed by atoms with E-state index in [1.54, 1.807) is 4.57 Å². The lowest BCUT2D eigenvalue weighted by Gasteiger charge is -2.45. The third-order valence-corrected chi connectivity index (χ3v) is 27.7. The van der Waals surface area contributed by atoms with Gasteiger partial charge in [-0.15, -0.1) is 0 Å². The number of nitrogens with zero attached hydrogens (tertiary/aromatic N) is 4. The molecule has 2 aliphatic heterocycles. The van der Waals surface area contributed by atoms with Crippen molar-refractivity contribution < 1.29 is 11.0 Å². The van der Waals surface area contributed by atoms with Crippen LogP contribution in [-0.2, 0) is 58.3 Å². The first-order valence-electron chi connectivity index (χ1n) is 48.9. The fourth-order valence-corrected chi connectivity index (χ4v) is 21.1. The quantitative estimate of drug-likeness (QED) is 0.0629. The third kappa shape index (κ3) is 13.4. The maximum absolute atomic E-state index is 9.28. The van der Waals surface area contributed by atoms with Crippen molar-refractivity contribution in [1.29, 1.82) is 0 Å². The van der Waals surface area contributed by atoms with E-state index in [0.717, 1.165) is 62.8 Å². The van der Waals surface area contributed by atoms with E-state index >= 15 is 0 Å². The summed E-state index contributed by atoms with van der Waals surface area (Å²) in [6.45, 7) is 36.5. The smallest absolute Gasteiger partial charge is 0.252 e. The van der Waals surface area contributed by atoms with Crippen LogP contribution in [0.25, 0.3) is 93.8 Å². The molecule has 4 heterocycles. The molecule has 0 amide bonds. The van der Waals surface area contributed by atoms with Crippen LogP contribution < -0.4 is 26.2 Å². The molecule has 4 aliphatic rings. The van der Waals surface area contributed by atoms with E-state index in [-0.39, 0.29) is 86.3 Å². The van der Waals surface area contributed by atoms with Crippen molar-refractivity contribution in [1.82, 2.24) is 9.13 Å². The average Bonchev–Trinajstić information content (AvgIpc) is 1.43. The Bertz CT molecular complexity index is 7190. The number of fused-ring (bicyclic) bond motifs is 20. The lowest BCUT2D eigenvalue weighted by atomic mass is 9.33. The predicted octanol–water partition coefficient (Wildman–Crippen LogP) is 28.5. The minimum absolute atomic E-state index is 0.0102. The normalized spacial score (nSPS) is 14.9. The standard InChI is InChI=1S/C117H117BN4/c1-112(2,3)81-56-50-79(51-57-81)93-69-83(114(7,8)9)60-54-77(93)35-17-16-31-65-120-108-73-86(122-105-48-29-23-42-92(105)96-74-95-89-39-20-26-45-99(89)117(100(95)75-106(96)122)97-43-24-18-37-87(97)88-38-19-25-44-98(88)117)62-64-102(108)118-101-63-49-76(34-30-32-66-119-103-46-27-21-40-90(103)91-41-22-28-47-104(91)119)68-107(101)121(110-72-85(116(13,14)15)71-109(120)111(110)118)67-33-36-78-55-61-84(115(10,11)12)70-94(78)80-52-58-82(59-53-80)113(4,5)6/h18-29,37-64,68-75H,16-17,30-36,65-67H2,1-15H3/i21D,22D,27D,28D,40D,41D,46D,47D. The zero-order chi connectivity index (χ0) is 91.1. The Morgan fingerprint density at radius 1 is 0.303 bits per heavy atom. The van der Waals surface area contributed by atoms with Crippen molar-refractivity contribution in [3.05, 3.63) is 358 Å². The summed E-state index contributed by atoms with van der Waals surface area (Å²) in [7, 11) is 0. The molecule has 0 atom stereocenters. The van der Waals surface area contributed by atoms with Crippen LogP contribution in [0.2, 0.25) is 0 Å². The topological polar surface area (TPSA) is 16.3 Å². The molecular weight excluding hydrogens is 1470 g/mol. The van der Waals surface area contributed by atoms with Crippen LogP contribution in [0.4, 0.5) is 22.7 Å². The van der Waals surface area contributed by atoms with Crippen molar-refractivity contribution in [2.24, 2.45) is 0 Å². The van der Waals surface area contributed by atoms with Gasteiger partial charge in [0.15, 0.2) is 0 Å². The van der Waals surface area contributed by atoms with Crippen molar-refractivity contribution in [2.45, 2.75) is 201 Å². The molecule has 0 saturated carbocycles. The number of hydrogen-bond donors (Lipinski definition) is 0. The first-order chi connectivity index (χ1) is 62.0. The van der Waals surface area contributed by atoms with Crippen LogP contribution in [0.3, 0.4) is 0 Å². The van der Waals surface area contributed by atoms with E-state index in [2.05, 4.69) is 361 Å². The van der Waals surface area contributed by atoms with Gasteiger partial charge in [0.2, 0.25) is 0 Å². The largest absolute Gasteiger partial charge is 0.342 e. The summed E-state index contributed by atoms with van der Waals surface area (Å²) in [5, 5.41) is 2.68. The Balaban J connectivity index is 0.742. The molecule has 0 radical (unpaired) electrons. The van der Waals surface area contributed by atoms with Gasteiger partial charge in [0, 0.05) is 80.6 Å². The van der Waals surface area contributed by atoms with Crippen molar-refractivity contribution in [2.75, 3.05) is 22.9 Å². The van der Waals surface area contributed by atoms with Gasteiger partial charge in [-0.05, 0) is 267 Å². The summed E-state index contributed by atoms with van der Waals surface area (Å²) in [5.41, 5.74) is 37.8. The van der Waals surface area contributed by atoms with Gasteiger partial charge in [0.05, 0.1) is 27.4 Å². The molecule has 0 N–H and O–H groups in total. The van der Waals surface area contributed by atoms with Crippen molar-refractivity contribution >= 4 is 89.5 Å². The third-order valence-electron chi connectivity index (χ3n) is 27.7. The van der Waals surface area contributed by atoms with E-state index in [4.69, 9.17) is 8.22 Å². The number of benzene rings is 14. The molecule has 608 valence electrons. The minimum Gasteiger partial charge on any atom is -0.342 e. The SMILES string of the molecule is [2H]c1c([2H])c([2H])c2c(c1[2H])c1c([2H])c([2H])c([2H])c([2H])c1n2CCCCc1ccc2c(c1)N(CCCc1ccc(C(C)(C)C)cc1-c1ccc(C(C)(C)C)cc1)c1cc(C(C)(C)C)cc3c1B2c1ccc(-n2c4ccccc4c4cc5c(cc42)C2(c4ccccc4-c4ccccc42)c2ccccc2-5)cc1N3CCCCCc1ccc(C(C)(C)C)cc1-c1ccc(C(C)(C)C)cc1. The summed E-state index contributed by atoms with van der Waals surface area (Å²) in [5.74, 6) is 0. The molecule has 0 unspecified atom stereocenters. The monoisotopic (exact) mass is 1600 g/mol. The lowest BCUT2D eigenvalue weighted by Crippen LogP contribution is -2.62. The van der Waals surface area contributed by atoms with E-state index in [9.17, 15) is 2.74 Å². The first-order valence-corrected chi connectivity index (χ1v) is 44.9. The van der Waals surface area contributed by atoms with E-state index in [1.165, 1.54) is 167 Å². The summed E-state index contributed by atoms with van der Waals surface area (Å²) in [6, 6.07) is 91.9. The van der Waals surface area contributed by atoms with Crippen LogP contribution in [0, 0.1) is 0 Å². The first kappa shape index (κ1) is 69.9. The van der Waals surface area contributed by atoms with Gasteiger partial charge in [-0.25, -0.2) is 0 Å². The molecule has 4 nitrogen and oxygen atoms in total. The Morgan fingerprint density at radius 2 is 0.762 bits per heavy atom. The summed E-state index contributed by atoms with van der Waals surface area (Å²) in [6.07, 6.45) is 7.64. The molecular formula is C117H117BN4. The Morgan fingerprint density at radius 3 is 1.31 bits per heavy atom. The van der Waals surface area contributed by atoms with Crippen molar-refractivity contribution in [3.8, 4) is 50.2 Å². The fraction of sp³-hybridized carbons (Fsp3) is 0.282. The van der Waals surface area contributed by atoms with E-state index in [0.29, 0.717) is 19.3 Å². The molecule has 0 bridgehead atoms. The molecule has 1 spiro atoms. The highest BCUT2D eigenvalue weighted by atomic mass is 15.2. The van der Waals surface area contributed by atoms with Gasteiger partial charge in [-0.1, -0.05) is 341 Å². The number of aromatic nitrogens is 2. The van der Waals surface area contributed by atoms with Crippen LogP contribution in [0.5, 0.6) is 0 Å². The zero-order valence-corrected chi connectivity index (χ0v) is 73.9. The number of rotatable bonds is 18. The number of unbranched alkanes of at least 4 members (excludes halogenated alkanes) is 3. The second-order valence-electron chi connectivity index (χ2n) is 40.6. The van der Waals surface area contributed by atoms with Crippen LogP contribution in [-0.4, -0.2) is 28.9 Å². The number of para-hydroxylation sites is 3. The molecule has 122 heavy (non-hydrogen) atoms. The van der Waals surface area contributed by atoms with Crippen LogP contribution in [0.15, 0.2) is 291 Å². The van der Waals surface area contributed by atoms with Gasteiger partial charge < -0.3 is 18.9 Å². The summed E-state index contributed by atoms with van der Waals surface area (Å²) in [4.78, 5) is 5.45. The van der Waals surface area contributed by atoms with Gasteiger partial charge >= 0.3 is 0 Å². The number of anilines is 4. The van der Waals surface area contributed by atoms with Crippen LogP contribution in [0.1, 0.15) is 220 Å². The highest BCUT2D eigenvalue weighted by Gasteiger charge is 2.52. The maximum atomic E-state index is 9.28. The minimum atomic E-state index is -0.540. The average molecular weight is 1600 g/mol. The number of aryl methyl sites for hydroxylation is 4. The Kier molecular flexibility index (Phi) is 17.1. The van der Waals surface area contributed by atoms with Crippen LogP contribution >= 0.6 is 0 Å². The number of hydrogen-bond acceptors (Lipinski definition) is 2. The van der Waals surface area contributed by atoms with E-state index in [1.807, 2.05) is 0 Å². The van der Waals surface area contributed by atoms with Gasteiger partial charge in [0.25, 0.3) is 6.71 Å². The zero-order valence-electron chi connectivity index (χ0n) is 81.9. The summed E-state index contributed by atoms with van der Waals surface area (Å²) < 4.78 is 76.3. The highest BCUT2D eigenvalue weighted by molar-refractivity contribution is 7.00. The summed E-state index contributed by atoms with van der Waals surface area (Å²) >= 11 is 0. The van der Waals surface area contributed by atoms with E-state index < -0.39 is 29.6 Å². The van der Waals surface area contributed by atoms with Gasteiger partial charge in [-0.2, -0.15) is 0 Å². The molecule has 2 aromatic heterocycles. The lowest BCUT2D eigenvalue weighted by molar-refractivity contribution is 0.589. The van der Waals surface area contributed by atoms with Gasteiger partial charge in [-0.3, -0.25) is 0 Å². The Labute approximate surface area is 736 Å². The van der Waals surface area contributed by atoms with Crippen molar-refractivity contribution in [3.63, 3.8) is 0 Å². The second kappa shape index (κ2) is 29.9. The predicted molar refractivity (Wildman–Crippen MR) is 524 cm³/mol. The molecule has 20 rings (SSSR count). The molecule has 16 aromatic rings. The second-order valence-corrected chi connectivity index (χ2v) is 40.6.